The third-order valence-electron chi connectivity index (χ3n) is 5.03. The molecule has 1 atom stereocenters. The lowest BCUT2D eigenvalue weighted by molar-refractivity contribution is -0.858. The van der Waals surface area contributed by atoms with Crippen LogP contribution in [0, 0.1) is 0 Å². The second-order valence-electron chi connectivity index (χ2n) is 7.55. The lowest BCUT2D eigenvalue weighted by Crippen LogP contribution is -3.05. The molecule has 3 rings (SSSR count). The molecule has 0 bridgehead atoms. The van der Waals surface area contributed by atoms with Crippen LogP contribution in [-0.2, 0) is 9.59 Å². The van der Waals surface area contributed by atoms with Gasteiger partial charge < -0.3 is 19.6 Å². The number of rotatable bonds is 8. The molecule has 0 spiro atoms. The van der Waals surface area contributed by atoms with Crippen molar-refractivity contribution in [1.82, 2.24) is 9.88 Å². The van der Waals surface area contributed by atoms with Crippen LogP contribution < -0.4 is 9.64 Å². The third-order valence-corrected chi connectivity index (χ3v) is 5.03. The number of aliphatic hydroxyl groups excluding tert-OH is 1. The summed E-state index contributed by atoms with van der Waals surface area (Å²) < 4.78 is 5.51. The minimum Gasteiger partial charge on any atom is -0.507 e. The summed E-state index contributed by atoms with van der Waals surface area (Å²) >= 11 is 0. The largest absolute Gasteiger partial charge is 0.507 e. The fraction of sp³-hybridized carbons (Fsp3) is 0.348. The van der Waals surface area contributed by atoms with Gasteiger partial charge >= 0.3 is 0 Å². The van der Waals surface area contributed by atoms with Gasteiger partial charge in [-0.1, -0.05) is 18.2 Å². The number of benzene rings is 1. The van der Waals surface area contributed by atoms with E-state index in [4.69, 9.17) is 4.74 Å². The molecule has 2 aromatic rings. The molecule has 0 aliphatic carbocycles. The van der Waals surface area contributed by atoms with Crippen molar-refractivity contribution >= 4 is 17.4 Å². The van der Waals surface area contributed by atoms with E-state index in [2.05, 4.69) is 4.98 Å². The second kappa shape index (κ2) is 9.54. The van der Waals surface area contributed by atoms with Gasteiger partial charge in [-0.05, 0) is 30.7 Å². The number of nitrogens with zero attached hydrogens (tertiary/aromatic N) is 2. The highest BCUT2D eigenvalue weighted by Gasteiger charge is 2.46. The standard InChI is InChI=1S/C23H27N3O4/c1-4-30-18-10-5-8-16(14-18)21(27)19-20(17-9-6-11-24-15-17)26(23(29)22(19)28)13-7-12-25(2)3/h5-6,8-11,14-15,20,27H,4,7,12-13H2,1-3H3/p+1/t20-/m1/s1. The molecule has 158 valence electrons. The summed E-state index contributed by atoms with van der Waals surface area (Å²) in [6.07, 6.45) is 4.01. The van der Waals surface area contributed by atoms with Gasteiger partial charge in [0, 0.05) is 30.9 Å². The molecule has 0 saturated carbocycles. The van der Waals surface area contributed by atoms with E-state index >= 15 is 0 Å². The van der Waals surface area contributed by atoms with Crippen LogP contribution in [-0.4, -0.2) is 60.5 Å². The van der Waals surface area contributed by atoms with Gasteiger partial charge in [-0.2, -0.15) is 0 Å². The van der Waals surface area contributed by atoms with E-state index in [1.165, 1.54) is 4.90 Å². The highest BCUT2D eigenvalue weighted by atomic mass is 16.5. The number of pyridine rings is 1. The first-order valence-electron chi connectivity index (χ1n) is 10.1. The highest BCUT2D eigenvalue weighted by molar-refractivity contribution is 6.46. The van der Waals surface area contributed by atoms with Gasteiger partial charge in [0.2, 0.25) is 0 Å². The molecule has 2 heterocycles. The molecule has 1 fully saturated rings. The summed E-state index contributed by atoms with van der Waals surface area (Å²) in [7, 11) is 4.08. The zero-order valence-electron chi connectivity index (χ0n) is 17.6. The average molecular weight is 410 g/mol. The Morgan fingerprint density at radius 2 is 2.03 bits per heavy atom. The molecule has 7 nitrogen and oxygen atoms in total. The Morgan fingerprint density at radius 1 is 1.23 bits per heavy atom. The van der Waals surface area contributed by atoms with Crippen LogP contribution in [0.25, 0.3) is 5.76 Å². The normalized spacial score (nSPS) is 18.3. The molecular weight excluding hydrogens is 382 g/mol. The average Bonchev–Trinajstić information content (AvgIpc) is 2.99. The number of aromatic nitrogens is 1. The van der Waals surface area contributed by atoms with E-state index in [0.29, 0.717) is 30.0 Å². The minimum atomic E-state index is -0.680. The predicted molar refractivity (Wildman–Crippen MR) is 113 cm³/mol. The fourth-order valence-corrected chi connectivity index (χ4v) is 3.65. The lowest BCUT2D eigenvalue weighted by Gasteiger charge is -2.25. The number of ketones is 1. The van der Waals surface area contributed by atoms with Crippen LogP contribution >= 0.6 is 0 Å². The number of quaternary nitrogens is 1. The number of carbonyl (C=O) groups excluding carboxylic acids is 2. The molecule has 1 aliphatic heterocycles. The van der Waals surface area contributed by atoms with E-state index < -0.39 is 17.7 Å². The van der Waals surface area contributed by atoms with Gasteiger partial charge in [0.25, 0.3) is 11.7 Å². The first-order chi connectivity index (χ1) is 14.4. The zero-order chi connectivity index (χ0) is 21.7. The number of nitrogens with one attached hydrogen (secondary N) is 1. The molecule has 0 unspecified atom stereocenters. The maximum atomic E-state index is 13.0. The quantitative estimate of drug-likeness (QED) is 0.391. The highest BCUT2D eigenvalue weighted by Crippen LogP contribution is 2.39. The maximum Gasteiger partial charge on any atom is 0.295 e. The van der Waals surface area contributed by atoms with Crippen molar-refractivity contribution in [1.29, 1.82) is 0 Å². The van der Waals surface area contributed by atoms with Crippen molar-refractivity contribution in [3.63, 3.8) is 0 Å². The van der Waals surface area contributed by atoms with Crippen LogP contribution in [0.3, 0.4) is 0 Å². The lowest BCUT2D eigenvalue weighted by atomic mass is 9.96. The van der Waals surface area contributed by atoms with Crippen molar-refractivity contribution in [2.75, 3.05) is 33.8 Å². The van der Waals surface area contributed by atoms with Gasteiger partial charge in [0.1, 0.15) is 11.5 Å². The monoisotopic (exact) mass is 410 g/mol. The fourth-order valence-electron chi connectivity index (χ4n) is 3.65. The zero-order valence-corrected chi connectivity index (χ0v) is 17.6. The molecule has 30 heavy (non-hydrogen) atoms. The van der Waals surface area contributed by atoms with Gasteiger partial charge in [0.05, 0.1) is 38.9 Å². The Morgan fingerprint density at radius 3 is 2.70 bits per heavy atom. The molecule has 1 aromatic carbocycles. The molecule has 0 radical (unpaired) electrons. The SMILES string of the molecule is CCOc1cccc(C(O)=C2C(=O)C(=O)N(CCC[NH+](C)C)[C@@H]2c2cccnc2)c1. The Labute approximate surface area is 176 Å². The van der Waals surface area contributed by atoms with Crippen molar-refractivity contribution in [2.45, 2.75) is 19.4 Å². The smallest absolute Gasteiger partial charge is 0.295 e. The van der Waals surface area contributed by atoms with E-state index in [9.17, 15) is 14.7 Å². The number of amides is 1. The van der Waals surface area contributed by atoms with Crippen LogP contribution in [0.2, 0.25) is 0 Å². The first-order valence-corrected chi connectivity index (χ1v) is 10.1. The Bertz CT molecular complexity index is 940. The molecule has 7 heteroatoms. The van der Waals surface area contributed by atoms with Crippen LogP contribution in [0.4, 0.5) is 0 Å². The summed E-state index contributed by atoms with van der Waals surface area (Å²) in [6, 6.07) is 9.79. The Hall–Kier alpha value is -3.19. The van der Waals surface area contributed by atoms with Crippen LogP contribution in [0.5, 0.6) is 5.75 Å². The number of hydrogen-bond donors (Lipinski definition) is 2. The van der Waals surface area contributed by atoms with Crippen molar-refractivity contribution in [3.05, 3.63) is 65.5 Å². The van der Waals surface area contributed by atoms with Crippen molar-refractivity contribution in [2.24, 2.45) is 0 Å². The summed E-state index contributed by atoms with van der Waals surface area (Å²) in [4.78, 5) is 32.8. The van der Waals surface area contributed by atoms with Gasteiger partial charge in [-0.3, -0.25) is 14.6 Å². The number of hydrogen-bond acceptors (Lipinski definition) is 5. The first kappa shape index (κ1) is 21.5. The van der Waals surface area contributed by atoms with Crippen LogP contribution in [0.15, 0.2) is 54.4 Å². The van der Waals surface area contributed by atoms with Crippen molar-refractivity contribution < 1.29 is 24.3 Å². The van der Waals surface area contributed by atoms with E-state index in [1.807, 2.05) is 27.1 Å². The number of aliphatic hydroxyl groups is 1. The molecule has 1 aromatic heterocycles. The molecule has 1 aliphatic rings. The minimum absolute atomic E-state index is 0.0823. The Kier molecular flexibility index (Phi) is 6.84. The summed E-state index contributed by atoms with van der Waals surface area (Å²) in [5.74, 6) is -0.896. The summed E-state index contributed by atoms with van der Waals surface area (Å²) in [5.41, 5.74) is 1.21. The molecule has 2 N–H and O–H groups in total. The second-order valence-corrected chi connectivity index (χ2v) is 7.55. The molecular formula is C23H28N3O4+. The van der Waals surface area contributed by atoms with E-state index in [-0.39, 0.29) is 11.3 Å². The topological polar surface area (TPSA) is 84.2 Å². The molecule has 1 amide bonds. The third kappa shape index (κ3) is 4.52. The van der Waals surface area contributed by atoms with Gasteiger partial charge in [-0.15, -0.1) is 0 Å². The summed E-state index contributed by atoms with van der Waals surface area (Å²) in [5, 5.41) is 11.1. The number of likely N-dealkylation sites (tertiary alicyclic amines) is 1. The maximum absolute atomic E-state index is 13.0. The Balaban J connectivity index is 2.06. The predicted octanol–water partition coefficient (Wildman–Crippen LogP) is 1.44. The van der Waals surface area contributed by atoms with Gasteiger partial charge in [-0.25, -0.2) is 0 Å². The van der Waals surface area contributed by atoms with Crippen molar-refractivity contribution in [3.8, 4) is 5.75 Å². The number of ether oxygens (including phenoxy) is 1. The van der Waals surface area contributed by atoms with E-state index in [1.54, 1.807) is 47.6 Å². The van der Waals surface area contributed by atoms with Crippen LogP contribution in [0.1, 0.15) is 30.5 Å². The van der Waals surface area contributed by atoms with E-state index in [0.717, 1.165) is 13.0 Å². The number of Topliss-reactive ketones (excluding diaryl/α,β-unsaturated/α-hetero) is 1. The molecule has 1 saturated heterocycles. The van der Waals surface area contributed by atoms with Gasteiger partial charge in [0.15, 0.2) is 0 Å². The number of carbonyl (C=O) groups is 2. The summed E-state index contributed by atoms with van der Waals surface area (Å²) in [6.45, 7) is 3.64.